The number of imidazole rings is 1. The van der Waals surface area contributed by atoms with E-state index >= 15 is 0 Å². The van der Waals surface area contributed by atoms with Gasteiger partial charge in [-0.25, -0.2) is 24.9 Å². The highest BCUT2D eigenvalue weighted by molar-refractivity contribution is 6.39. The van der Waals surface area contributed by atoms with Crippen molar-refractivity contribution in [2.24, 2.45) is 0 Å². The van der Waals surface area contributed by atoms with Crippen molar-refractivity contribution in [2.75, 3.05) is 23.3 Å². The fraction of sp³-hybridized carbons (Fsp3) is 0.167. The summed E-state index contributed by atoms with van der Waals surface area (Å²) in [7, 11) is 0. The van der Waals surface area contributed by atoms with Gasteiger partial charge in [-0.05, 0) is 18.6 Å². The van der Waals surface area contributed by atoms with Gasteiger partial charge in [-0.3, -0.25) is 0 Å². The lowest BCUT2D eigenvalue weighted by Gasteiger charge is -2.31. The van der Waals surface area contributed by atoms with Crippen molar-refractivity contribution in [3.05, 3.63) is 47.0 Å². The maximum atomic E-state index is 6.31. The summed E-state index contributed by atoms with van der Waals surface area (Å²) < 4.78 is 0. The van der Waals surface area contributed by atoms with Crippen molar-refractivity contribution in [3.63, 3.8) is 0 Å². The molecule has 0 amide bonds. The first-order valence-electron chi connectivity index (χ1n) is 8.68. The molecule has 28 heavy (non-hydrogen) atoms. The van der Waals surface area contributed by atoms with Crippen LogP contribution in [-0.2, 0) is 0 Å². The smallest absolute Gasteiger partial charge is 0.183 e. The van der Waals surface area contributed by atoms with Crippen molar-refractivity contribution < 1.29 is 0 Å². The van der Waals surface area contributed by atoms with E-state index in [4.69, 9.17) is 23.2 Å². The summed E-state index contributed by atoms with van der Waals surface area (Å²) in [5.74, 6) is 2.62. The summed E-state index contributed by atoms with van der Waals surface area (Å²) in [5, 5.41) is 4.23. The van der Waals surface area contributed by atoms with Crippen LogP contribution in [0.3, 0.4) is 0 Å². The van der Waals surface area contributed by atoms with Gasteiger partial charge in [-0.2, -0.15) is 0 Å². The molecule has 1 aromatic carbocycles. The molecule has 10 heteroatoms. The molecule has 0 unspecified atom stereocenters. The zero-order valence-electron chi connectivity index (χ0n) is 14.5. The van der Waals surface area contributed by atoms with E-state index in [1.165, 1.54) is 19.1 Å². The van der Waals surface area contributed by atoms with E-state index in [-0.39, 0.29) is 0 Å². The van der Waals surface area contributed by atoms with Gasteiger partial charge in [0.25, 0.3) is 0 Å². The number of aromatic amines is 1. The number of benzene rings is 1. The van der Waals surface area contributed by atoms with E-state index in [0.717, 1.165) is 18.9 Å². The minimum Gasteiger partial charge on any atom is -0.356 e. The topological polar surface area (TPSA) is 95.5 Å². The maximum Gasteiger partial charge on any atom is 0.183 e. The Labute approximate surface area is 170 Å². The lowest BCUT2D eigenvalue weighted by molar-refractivity contribution is 0.609. The highest BCUT2D eigenvalue weighted by Gasteiger charge is 2.18. The van der Waals surface area contributed by atoms with Crippen LogP contribution in [-0.4, -0.2) is 43.0 Å². The van der Waals surface area contributed by atoms with E-state index in [2.05, 4.69) is 40.1 Å². The molecular weight excluding hydrogens is 399 g/mol. The van der Waals surface area contributed by atoms with Crippen molar-refractivity contribution >= 4 is 51.8 Å². The van der Waals surface area contributed by atoms with Crippen LogP contribution in [0.2, 0.25) is 10.0 Å². The van der Waals surface area contributed by atoms with Crippen molar-refractivity contribution in [1.82, 2.24) is 29.9 Å². The molecule has 140 valence electrons. The highest BCUT2D eigenvalue weighted by Crippen LogP contribution is 2.34. The Hall–Kier alpha value is -2.97. The summed E-state index contributed by atoms with van der Waals surface area (Å²) in [6.45, 7) is 2.02. The van der Waals surface area contributed by atoms with E-state index in [0.29, 0.717) is 44.2 Å². The Balaban J connectivity index is 1.53. The number of hydrogen-bond acceptors (Lipinski definition) is 7. The molecule has 0 atom stereocenters. The predicted molar refractivity (Wildman–Crippen MR) is 109 cm³/mol. The monoisotopic (exact) mass is 412 g/mol. The predicted octanol–water partition coefficient (Wildman–Crippen LogP) is 4.07. The number of hydrogen-bond donors (Lipinski definition) is 2. The van der Waals surface area contributed by atoms with Crippen molar-refractivity contribution in [2.45, 2.75) is 6.42 Å². The molecule has 1 fully saturated rings. The largest absolute Gasteiger partial charge is 0.356 e. The van der Waals surface area contributed by atoms with E-state index in [1.54, 1.807) is 18.2 Å². The van der Waals surface area contributed by atoms with Gasteiger partial charge in [0, 0.05) is 19.2 Å². The molecule has 0 radical (unpaired) electrons. The molecule has 2 N–H and O–H groups in total. The zero-order chi connectivity index (χ0) is 19.1. The molecule has 4 heterocycles. The molecule has 0 bridgehead atoms. The first-order chi connectivity index (χ1) is 13.7. The Bertz CT molecular complexity index is 1150. The lowest BCUT2D eigenvalue weighted by Crippen LogP contribution is -2.37. The van der Waals surface area contributed by atoms with Gasteiger partial charge in [0.2, 0.25) is 0 Å². The highest BCUT2D eigenvalue weighted by atomic mass is 35.5. The second-order valence-corrected chi connectivity index (χ2v) is 7.14. The maximum absolute atomic E-state index is 6.31. The molecule has 8 nitrogen and oxygen atoms in total. The molecule has 5 rings (SSSR count). The Morgan fingerprint density at radius 3 is 2.54 bits per heavy atom. The quantitative estimate of drug-likeness (QED) is 0.521. The Kier molecular flexibility index (Phi) is 4.22. The van der Waals surface area contributed by atoms with Gasteiger partial charge in [0.15, 0.2) is 11.5 Å². The van der Waals surface area contributed by atoms with E-state index < -0.39 is 0 Å². The molecule has 3 aromatic heterocycles. The second-order valence-electron chi connectivity index (χ2n) is 6.33. The molecule has 4 aromatic rings. The zero-order valence-corrected chi connectivity index (χ0v) is 16.0. The lowest BCUT2D eigenvalue weighted by atomic mass is 10.2. The number of halogens is 2. The Morgan fingerprint density at radius 2 is 1.79 bits per heavy atom. The van der Waals surface area contributed by atoms with E-state index in [1.807, 2.05) is 6.07 Å². The van der Waals surface area contributed by atoms with Crippen LogP contribution >= 0.6 is 23.2 Å². The molecule has 1 saturated heterocycles. The molecular formula is C18H14Cl2N8. The van der Waals surface area contributed by atoms with Crippen LogP contribution in [0.5, 0.6) is 0 Å². The molecule has 1 aliphatic rings. The van der Waals surface area contributed by atoms with E-state index in [9.17, 15) is 0 Å². The number of anilines is 3. The normalized spacial score (nSPS) is 13.6. The number of aromatic nitrogens is 6. The van der Waals surface area contributed by atoms with Gasteiger partial charge in [0.1, 0.15) is 35.6 Å². The third-order valence-electron chi connectivity index (χ3n) is 4.57. The minimum absolute atomic E-state index is 0.500. The number of nitrogens with one attached hydrogen (secondary N) is 2. The third-order valence-corrected chi connectivity index (χ3v) is 5.20. The minimum atomic E-state index is 0.500. The average Bonchev–Trinajstić information content (AvgIpc) is 3.05. The average molecular weight is 413 g/mol. The molecule has 0 aliphatic carbocycles. The van der Waals surface area contributed by atoms with Gasteiger partial charge in [0.05, 0.1) is 15.6 Å². The van der Waals surface area contributed by atoms with Gasteiger partial charge in [-0.15, -0.1) is 0 Å². The van der Waals surface area contributed by atoms with Gasteiger partial charge in [-0.1, -0.05) is 29.3 Å². The van der Waals surface area contributed by atoms with Crippen LogP contribution in [0.1, 0.15) is 6.42 Å². The van der Waals surface area contributed by atoms with Crippen molar-refractivity contribution in [3.8, 4) is 11.4 Å². The number of nitrogens with zero attached hydrogens (tertiary/aromatic N) is 6. The summed E-state index contributed by atoms with van der Waals surface area (Å²) in [6.07, 6.45) is 4.16. The number of fused-ring (bicyclic) bond motifs is 1. The fourth-order valence-electron chi connectivity index (χ4n) is 3.02. The summed E-state index contributed by atoms with van der Waals surface area (Å²) in [5.41, 5.74) is 1.76. The third kappa shape index (κ3) is 3.00. The van der Waals surface area contributed by atoms with Gasteiger partial charge < -0.3 is 15.2 Å². The van der Waals surface area contributed by atoms with Crippen LogP contribution < -0.4 is 10.2 Å². The van der Waals surface area contributed by atoms with Crippen LogP contribution in [0.4, 0.5) is 17.5 Å². The standard InChI is InChI=1S/C18H14Cl2N8/c19-10-3-1-4-11(20)14(10)16-26-15-17(23-9-24-18(15)27-16)25-12-7-13(22-8-21-12)28-5-2-6-28/h1,3-4,7-9H,2,5-6H2,(H2,21,22,23,24,25,26,27). The molecule has 0 spiro atoms. The SMILES string of the molecule is Clc1cccc(Cl)c1-c1nc2ncnc(Nc3cc(N4CCC4)ncn3)c2[nH]1. The van der Waals surface area contributed by atoms with Crippen molar-refractivity contribution in [1.29, 1.82) is 0 Å². The van der Waals surface area contributed by atoms with Crippen LogP contribution in [0, 0.1) is 0 Å². The second kappa shape index (κ2) is 6.88. The number of rotatable bonds is 4. The van der Waals surface area contributed by atoms with Crippen LogP contribution in [0.15, 0.2) is 36.9 Å². The Morgan fingerprint density at radius 1 is 1.00 bits per heavy atom. The molecule has 0 saturated carbocycles. The first kappa shape index (κ1) is 17.2. The summed E-state index contributed by atoms with van der Waals surface area (Å²) >= 11 is 12.6. The fourth-order valence-corrected chi connectivity index (χ4v) is 3.60. The number of H-pyrrole nitrogens is 1. The van der Waals surface area contributed by atoms with Gasteiger partial charge >= 0.3 is 0 Å². The summed E-state index contributed by atoms with van der Waals surface area (Å²) in [4.78, 5) is 27.1. The summed E-state index contributed by atoms with van der Waals surface area (Å²) in [6, 6.07) is 7.21. The van der Waals surface area contributed by atoms with Crippen LogP contribution in [0.25, 0.3) is 22.6 Å². The molecule has 1 aliphatic heterocycles. The first-order valence-corrected chi connectivity index (χ1v) is 9.44.